The molecule has 3 atom stereocenters. The highest BCUT2D eigenvalue weighted by atomic mass is 32.2. The van der Waals surface area contributed by atoms with E-state index in [0.29, 0.717) is 12.8 Å². The van der Waals surface area contributed by atoms with E-state index in [1.807, 2.05) is 13.8 Å². The number of hydrogen-bond acceptors (Lipinski definition) is 4. The third-order valence-electron chi connectivity index (χ3n) is 3.55. The first-order valence-corrected chi connectivity index (χ1v) is 8.18. The number of rotatable bonds is 4. The fourth-order valence-electron chi connectivity index (χ4n) is 2.27. The Balaban J connectivity index is 2.07. The summed E-state index contributed by atoms with van der Waals surface area (Å²) in [4.78, 5) is 0.282. The number of sulfonamides is 1. The molecular formula is C14H21NO4S. The average Bonchev–Trinajstić information content (AvgIpc) is 2.41. The van der Waals surface area contributed by atoms with Crippen LogP contribution in [0.4, 0.5) is 0 Å². The molecule has 0 radical (unpaired) electrons. The largest absolute Gasteiger partial charge is 0.356 e. The Labute approximate surface area is 120 Å². The maximum absolute atomic E-state index is 12.3. The molecule has 112 valence electrons. The van der Waals surface area contributed by atoms with Gasteiger partial charge in [0.15, 0.2) is 6.29 Å². The van der Waals surface area contributed by atoms with Crippen LogP contribution in [0, 0.1) is 6.92 Å². The predicted molar refractivity (Wildman–Crippen MR) is 75.9 cm³/mol. The lowest BCUT2D eigenvalue weighted by atomic mass is 10.0. The van der Waals surface area contributed by atoms with E-state index in [2.05, 4.69) is 4.72 Å². The summed E-state index contributed by atoms with van der Waals surface area (Å²) in [6.45, 7) is 3.78. The molecule has 1 N–H and O–H groups in total. The molecule has 1 saturated heterocycles. The minimum Gasteiger partial charge on any atom is -0.356 e. The van der Waals surface area contributed by atoms with E-state index in [1.54, 1.807) is 31.4 Å². The highest BCUT2D eigenvalue weighted by molar-refractivity contribution is 7.89. The third kappa shape index (κ3) is 3.58. The number of benzene rings is 1. The Morgan fingerprint density at radius 2 is 1.90 bits per heavy atom. The summed E-state index contributed by atoms with van der Waals surface area (Å²) in [5.74, 6) is 0. The fraction of sp³-hybridized carbons (Fsp3) is 0.571. The van der Waals surface area contributed by atoms with Crippen LogP contribution < -0.4 is 4.72 Å². The second kappa shape index (κ2) is 6.22. The van der Waals surface area contributed by atoms with Crippen LogP contribution in [0.25, 0.3) is 0 Å². The normalized spacial score (nSPS) is 27.4. The van der Waals surface area contributed by atoms with E-state index in [0.717, 1.165) is 5.56 Å². The minimum atomic E-state index is -3.50. The Kier molecular flexibility index (Phi) is 4.80. The molecule has 6 heteroatoms. The van der Waals surface area contributed by atoms with Gasteiger partial charge in [0, 0.05) is 13.2 Å². The first-order chi connectivity index (χ1) is 9.42. The van der Waals surface area contributed by atoms with Crippen LogP contribution in [-0.4, -0.2) is 34.0 Å². The molecule has 0 aromatic heterocycles. The van der Waals surface area contributed by atoms with Gasteiger partial charge in [-0.05, 0) is 38.8 Å². The van der Waals surface area contributed by atoms with Gasteiger partial charge in [0.2, 0.25) is 10.0 Å². The molecule has 1 fully saturated rings. The second-order valence-corrected chi connectivity index (χ2v) is 6.84. The highest BCUT2D eigenvalue weighted by Gasteiger charge is 2.31. The van der Waals surface area contributed by atoms with Crippen molar-refractivity contribution in [1.82, 2.24) is 4.72 Å². The second-order valence-electron chi connectivity index (χ2n) is 5.12. The Morgan fingerprint density at radius 3 is 2.45 bits per heavy atom. The highest BCUT2D eigenvalue weighted by Crippen LogP contribution is 2.21. The van der Waals surface area contributed by atoms with E-state index in [1.165, 1.54) is 0 Å². The van der Waals surface area contributed by atoms with Crippen molar-refractivity contribution in [3.8, 4) is 0 Å². The van der Waals surface area contributed by atoms with Crippen molar-refractivity contribution in [1.29, 1.82) is 0 Å². The van der Waals surface area contributed by atoms with E-state index >= 15 is 0 Å². The first kappa shape index (κ1) is 15.4. The van der Waals surface area contributed by atoms with Gasteiger partial charge >= 0.3 is 0 Å². The Morgan fingerprint density at radius 1 is 1.25 bits per heavy atom. The van der Waals surface area contributed by atoms with Crippen LogP contribution in [0.3, 0.4) is 0 Å². The van der Waals surface area contributed by atoms with Gasteiger partial charge < -0.3 is 9.47 Å². The van der Waals surface area contributed by atoms with Crippen LogP contribution in [0.2, 0.25) is 0 Å². The van der Waals surface area contributed by atoms with Crippen LogP contribution in [0.5, 0.6) is 0 Å². The number of nitrogens with one attached hydrogen (secondary N) is 1. The molecule has 1 aromatic rings. The third-order valence-corrected chi connectivity index (χ3v) is 5.05. The molecule has 20 heavy (non-hydrogen) atoms. The maximum Gasteiger partial charge on any atom is 0.240 e. The maximum atomic E-state index is 12.3. The molecule has 5 nitrogen and oxygen atoms in total. The van der Waals surface area contributed by atoms with Crippen molar-refractivity contribution in [3.63, 3.8) is 0 Å². The summed E-state index contributed by atoms with van der Waals surface area (Å²) < 4.78 is 38.1. The summed E-state index contributed by atoms with van der Waals surface area (Å²) in [5.41, 5.74) is 1.03. The first-order valence-electron chi connectivity index (χ1n) is 6.69. The zero-order chi connectivity index (χ0) is 14.8. The summed E-state index contributed by atoms with van der Waals surface area (Å²) >= 11 is 0. The molecule has 1 aromatic carbocycles. The number of aryl methyl sites for hydroxylation is 1. The number of hydrogen-bond donors (Lipinski definition) is 1. The summed E-state index contributed by atoms with van der Waals surface area (Å²) in [6.07, 6.45) is 0.922. The molecule has 1 aliphatic rings. The monoisotopic (exact) mass is 299 g/mol. The van der Waals surface area contributed by atoms with Crippen molar-refractivity contribution in [2.75, 3.05) is 7.11 Å². The summed E-state index contributed by atoms with van der Waals surface area (Å²) in [5, 5.41) is 0. The van der Waals surface area contributed by atoms with Gasteiger partial charge in [0.25, 0.3) is 0 Å². The molecule has 1 heterocycles. The standard InChI is InChI=1S/C14H21NO4S/c1-10-4-6-12(7-5-10)20(16,17)15-13-8-9-14(18-3)19-11(13)2/h4-7,11,13-15H,8-9H2,1-3H3/t11-,13-,14+/m1/s1. The molecule has 0 unspecified atom stereocenters. The lowest BCUT2D eigenvalue weighted by Crippen LogP contribution is -2.48. The topological polar surface area (TPSA) is 64.6 Å². The lowest BCUT2D eigenvalue weighted by Gasteiger charge is -2.34. The van der Waals surface area contributed by atoms with Gasteiger partial charge in [-0.1, -0.05) is 17.7 Å². The number of ether oxygens (including phenoxy) is 2. The quantitative estimate of drug-likeness (QED) is 0.921. The fourth-order valence-corrected chi connectivity index (χ4v) is 3.60. The van der Waals surface area contributed by atoms with Crippen molar-refractivity contribution in [2.45, 2.75) is 50.0 Å². The zero-order valence-electron chi connectivity index (χ0n) is 12.0. The molecule has 0 saturated carbocycles. The lowest BCUT2D eigenvalue weighted by molar-refractivity contribution is -0.181. The van der Waals surface area contributed by atoms with Crippen molar-refractivity contribution >= 4 is 10.0 Å². The van der Waals surface area contributed by atoms with Gasteiger partial charge in [-0.2, -0.15) is 0 Å². The van der Waals surface area contributed by atoms with Crippen LogP contribution >= 0.6 is 0 Å². The van der Waals surface area contributed by atoms with Gasteiger partial charge in [0.05, 0.1) is 11.0 Å². The van der Waals surface area contributed by atoms with Crippen molar-refractivity contribution in [2.24, 2.45) is 0 Å². The SMILES string of the molecule is CO[C@@H]1CC[C@@H](NS(=O)(=O)c2ccc(C)cc2)[C@@H](C)O1. The smallest absolute Gasteiger partial charge is 0.240 e. The molecule has 0 aliphatic carbocycles. The van der Waals surface area contributed by atoms with E-state index in [-0.39, 0.29) is 23.3 Å². The molecule has 0 amide bonds. The minimum absolute atomic E-state index is 0.214. The van der Waals surface area contributed by atoms with Crippen LogP contribution in [0.1, 0.15) is 25.3 Å². The molecule has 1 aliphatic heterocycles. The zero-order valence-corrected chi connectivity index (χ0v) is 12.8. The van der Waals surface area contributed by atoms with Gasteiger partial charge in [-0.3, -0.25) is 0 Å². The molecule has 2 rings (SSSR count). The Hall–Kier alpha value is -0.950. The summed E-state index contributed by atoms with van der Waals surface area (Å²) in [7, 11) is -1.91. The molecule has 0 spiro atoms. The van der Waals surface area contributed by atoms with Gasteiger partial charge in [0.1, 0.15) is 0 Å². The number of methoxy groups -OCH3 is 1. The average molecular weight is 299 g/mol. The van der Waals surface area contributed by atoms with Crippen molar-refractivity contribution in [3.05, 3.63) is 29.8 Å². The predicted octanol–water partition coefficient (Wildman–Crippen LogP) is 1.81. The van der Waals surface area contributed by atoms with E-state index in [9.17, 15) is 8.42 Å². The van der Waals surface area contributed by atoms with Crippen molar-refractivity contribution < 1.29 is 17.9 Å². The van der Waals surface area contributed by atoms with E-state index < -0.39 is 10.0 Å². The van der Waals surface area contributed by atoms with Crippen LogP contribution in [0.15, 0.2) is 29.2 Å². The van der Waals surface area contributed by atoms with Crippen LogP contribution in [-0.2, 0) is 19.5 Å². The van der Waals surface area contributed by atoms with E-state index in [4.69, 9.17) is 9.47 Å². The Bertz CT molecular complexity index is 541. The molecule has 0 bridgehead atoms. The summed E-state index contributed by atoms with van der Waals surface area (Å²) in [6, 6.07) is 6.58. The van der Waals surface area contributed by atoms with Gasteiger partial charge in [-0.25, -0.2) is 13.1 Å². The molecular weight excluding hydrogens is 278 g/mol. The van der Waals surface area contributed by atoms with Gasteiger partial charge in [-0.15, -0.1) is 0 Å².